The van der Waals surface area contributed by atoms with Gasteiger partial charge in [0, 0.05) is 25.3 Å². The van der Waals surface area contributed by atoms with Crippen molar-refractivity contribution >= 4 is 23.4 Å². The summed E-state index contributed by atoms with van der Waals surface area (Å²) in [7, 11) is 3.28. The Labute approximate surface area is 156 Å². The topological polar surface area (TPSA) is 111 Å². The van der Waals surface area contributed by atoms with E-state index in [1.54, 1.807) is 62.6 Å². The fourth-order valence-corrected chi connectivity index (χ4v) is 1.99. The van der Waals surface area contributed by atoms with Gasteiger partial charge in [0.05, 0.1) is 0 Å². The maximum atomic E-state index is 12.4. The largest absolute Gasteiger partial charge is 0.484 e. The molecule has 0 saturated carbocycles. The Balaban J connectivity index is 1.96. The van der Waals surface area contributed by atoms with Crippen LogP contribution in [-0.4, -0.2) is 49.9 Å². The van der Waals surface area contributed by atoms with E-state index in [9.17, 15) is 14.4 Å². The maximum Gasteiger partial charge on any atom is 0.259 e. The number of nitrogens with one attached hydrogen (secondary N) is 1. The molecule has 0 aliphatic rings. The highest BCUT2D eigenvalue weighted by molar-refractivity contribution is 6.04. The van der Waals surface area contributed by atoms with Crippen LogP contribution in [0.1, 0.15) is 10.4 Å². The first-order chi connectivity index (χ1) is 12.8. The molecule has 0 bridgehead atoms. The molecule has 2 rings (SSSR count). The molecule has 3 amide bonds. The lowest BCUT2D eigenvalue weighted by molar-refractivity contribution is -0.130. The lowest BCUT2D eigenvalue weighted by Gasteiger charge is -2.12. The Morgan fingerprint density at radius 3 is 2.26 bits per heavy atom. The molecule has 0 unspecified atom stereocenters. The molecule has 142 valence electrons. The molecular formula is C19H21N3O5. The van der Waals surface area contributed by atoms with E-state index >= 15 is 0 Å². The molecule has 0 aromatic heterocycles. The predicted octanol–water partition coefficient (Wildman–Crippen LogP) is 1.27. The summed E-state index contributed by atoms with van der Waals surface area (Å²) in [4.78, 5) is 36.1. The van der Waals surface area contributed by atoms with Crippen LogP contribution in [0.25, 0.3) is 0 Å². The average molecular weight is 371 g/mol. The second-order valence-electron chi connectivity index (χ2n) is 5.84. The average Bonchev–Trinajstić information content (AvgIpc) is 2.65. The van der Waals surface area contributed by atoms with Crippen molar-refractivity contribution in [2.24, 2.45) is 5.73 Å². The quantitative estimate of drug-likeness (QED) is 0.726. The number of hydrogen-bond acceptors (Lipinski definition) is 5. The summed E-state index contributed by atoms with van der Waals surface area (Å²) in [5.74, 6) is -0.184. The number of rotatable bonds is 8. The first-order valence-corrected chi connectivity index (χ1v) is 8.10. The van der Waals surface area contributed by atoms with Crippen LogP contribution in [0.2, 0.25) is 0 Å². The Kier molecular flexibility index (Phi) is 6.76. The zero-order valence-corrected chi connectivity index (χ0v) is 15.1. The number of benzene rings is 2. The zero-order chi connectivity index (χ0) is 19.8. The number of hydrogen-bond donors (Lipinski definition) is 2. The molecule has 0 spiro atoms. The summed E-state index contributed by atoms with van der Waals surface area (Å²) in [6.45, 7) is -0.320. The highest BCUT2D eigenvalue weighted by Gasteiger charge is 2.09. The molecule has 3 N–H and O–H groups in total. The van der Waals surface area contributed by atoms with Crippen molar-refractivity contribution in [1.82, 2.24) is 4.90 Å². The number of ether oxygens (including phenoxy) is 2. The molecule has 27 heavy (non-hydrogen) atoms. The van der Waals surface area contributed by atoms with Gasteiger partial charge in [0.15, 0.2) is 13.2 Å². The SMILES string of the molecule is CN(C)C(=O)COc1cccc(C(=O)Nc2ccc(OCC(N)=O)cc2)c1. The minimum absolute atomic E-state index is 0.106. The maximum absolute atomic E-state index is 12.4. The zero-order valence-electron chi connectivity index (χ0n) is 15.1. The van der Waals surface area contributed by atoms with Crippen molar-refractivity contribution in [2.75, 3.05) is 32.6 Å². The molecule has 0 saturated heterocycles. The molecule has 0 atom stereocenters. The third kappa shape index (κ3) is 6.35. The molecule has 8 heteroatoms. The first kappa shape index (κ1) is 19.8. The first-order valence-electron chi connectivity index (χ1n) is 8.10. The molecule has 0 radical (unpaired) electrons. The Morgan fingerprint density at radius 1 is 0.963 bits per heavy atom. The summed E-state index contributed by atoms with van der Waals surface area (Å²) >= 11 is 0. The third-order valence-electron chi connectivity index (χ3n) is 3.45. The number of nitrogens with zero attached hydrogens (tertiary/aromatic N) is 1. The van der Waals surface area contributed by atoms with Crippen molar-refractivity contribution in [3.63, 3.8) is 0 Å². The molecule has 0 heterocycles. The molecule has 0 aliphatic carbocycles. The van der Waals surface area contributed by atoms with E-state index in [1.165, 1.54) is 4.90 Å². The van der Waals surface area contributed by atoms with Gasteiger partial charge >= 0.3 is 0 Å². The van der Waals surface area contributed by atoms with Gasteiger partial charge in [-0.05, 0) is 42.5 Å². The van der Waals surface area contributed by atoms with Crippen LogP contribution in [0.15, 0.2) is 48.5 Å². The van der Waals surface area contributed by atoms with E-state index < -0.39 is 5.91 Å². The van der Waals surface area contributed by atoms with Crippen molar-refractivity contribution in [2.45, 2.75) is 0 Å². The number of nitrogens with two attached hydrogens (primary N) is 1. The van der Waals surface area contributed by atoms with Crippen LogP contribution in [0, 0.1) is 0 Å². The van der Waals surface area contributed by atoms with E-state index in [4.69, 9.17) is 15.2 Å². The van der Waals surface area contributed by atoms with Crippen LogP contribution in [-0.2, 0) is 9.59 Å². The fraction of sp³-hybridized carbons (Fsp3) is 0.211. The van der Waals surface area contributed by atoms with Gasteiger partial charge in [0.2, 0.25) is 0 Å². The Bertz CT molecular complexity index is 818. The van der Waals surface area contributed by atoms with Gasteiger partial charge < -0.3 is 25.4 Å². The summed E-state index contributed by atoms with van der Waals surface area (Å²) in [5, 5.41) is 2.74. The minimum Gasteiger partial charge on any atom is -0.484 e. The second-order valence-corrected chi connectivity index (χ2v) is 5.84. The normalized spacial score (nSPS) is 10.0. The van der Waals surface area contributed by atoms with Gasteiger partial charge in [-0.15, -0.1) is 0 Å². The van der Waals surface area contributed by atoms with Crippen LogP contribution in [0.5, 0.6) is 11.5 Å². The number of primary amides is 1. The second kappa shape index (κ2) is 9.23. The van der Waals surface area contributed by atoms with Gasteiger partial charge in [-0.1, -0.05) is 6.07 Å². The fourth-order valence-electron chi connectivity index (χ4n) is 1.99. The van der Waals surface area contributed by atoms with Crippen LogP contribution >= 0.6 is 0 Å². The van der Waals surface area contributed by atoms with E-state index in [2.05, 4.69) is 5.32 Å². The molecule has 2 aromatic rings. The number of carbonyl (C=O) groups is 3. The molecule has 0 fully saturated rings. The van der Waals surface area contributed by atoms with Gasteiger partial charge in [0.25, 0.3) is 17.7 Å². The minimum atomic E-state index is -0.568. The van der Waals surface area contributed by atoms with E-state index in [0.29, 0.717) is 22.7 Å². The lowest BCUT2D eigenvalue weighted by Crippen LogP contribution is -2.27. The summed E-state index contributed by atoms with van der Waals surface area (Å²) < 4.78 is 10.6. The highest BCUT2D eigenvalue weighted by atomic mass is 16.5. The monoisotopic (exact) mass is 371 g/mol. The number of likely N-dealkylation sites (N-methyl/N-ethyl adjacent to an activating group) is 1. The highest BCUT2D eigenvalue weighted by Crippen LogP contribution is 2.18. The van der Waals surface area contributed by atoms with E-state index in [0.717, 1.165) is 0 Å². The van der Waals surface area contributed by atoms with E-state index in [1.807, 2.05) is 0 Å². The molecule has 2 aromatic carbocycles. The summed E-state index contributed by atoms with van der Waals surface area (Å²) in [5.41, 5.74) is 5.96. The number of amides is 3. The van der Waals surface area contributed by atoms with Crippen molar-refractivity contribution in [3.8, 4) is 11.5 Å². The van der Waals surface area contributed by atoms with Crippen molar-refractivity contribution in [3.05, 3.63) is 54.1 Å². The Morgan fingerprint density at radius 2 is 1.63 bits per heavy atom. The van der Waals surface area contributed by atoms with E-state index in [-0.39, 0.29) is 25.0 Å². The standard InChI is InChI=1S/C19H21N3O5/c1-22(2)18(24)12-27-16-5-3-4-13(10-16)19(25)21-14-6-8-15(9-7-14)26-11-17(20)23/h3-10H,11-12H2,1-2H3,(H2,20,23)(H,21,25). The van der Waals surface area contributed by atoms with Crippen molar-refractivity contribution in [1.29, 1.82) is 0 Å². The summed E-state index contributed by atoms with van der Waals surface area (Å²) in [6, 6.07) is 13.1. The smallest absolute Gasteiger partial charge is 0.259 e. The third-order valence-corrected chi connectivity index (χ3v) is 3.45. The molecule has 8 nitrogen and oxygen atoms in total. The predicted molar refractivity (Wildman–Crippen MR) is 99.7 cm³/mol. The van der Waals surface area contributed by atoms with Gasteiger partial charge in [-0.25, -0.2) is 0 Å². The molecule has 0 aliphatic heterocycles. The number of anilines is 1. The van der Waals surface area contributed by atoms with Crippen LogP contribution in [0.4, 0.5) is 5.69 Å². The summed E-state index contributed by atoms with van der Waals surface area (Å²) in [6.07, 6.45) is 0. The molecular weight excluding hydrogens is 350 g/mol. The van der Waals surface area contributed by atoms with Gasteiger partial charge in [0.1, 0.15) is 11.5 Å². The number of carbonyl (C=O) groups excluding carboxylic acids is 3. The lowest BCUT2D eigenvalue weighted by atomic mass is 10.2. The van der Waals surface area contributed by atoms with Gasteiger partial charge in [-0.2, -0.15) is 0 Å². The van der Waals surface area contributed by atoms with Crippen LogP contribution in [0.3, 0.4) is 0 Å². The Hall–Kier alpha value is -3.55. The van der Waals surface area contributed by atoms with Crippen molar-refractivity contribution < 1.29 is 23.9 Å². The van der Waals surface area contributed by atoms with Crippen LogP contribution < -0.4 is 20.5 Å². The van der Waals surface area contributed by atoms with Gasteiger partial charge in [-0.3, -0.25) is 14.4 Å².